The van der Waals surface area contributed by atoms with Crippen LogP contribution in [0.3, 0.4) is 0 Å². The largest absolute Gasteiger partial charge is 0.480 e. The van der Waals surface area contributed by atoms with Gasteiger partial charge in [-0.3, -0.25) is 4.79 Å². The quantitative estimate of drug-likeness (QED) is 0.770. The number of likely N-dealkylation sites (N-methyl/N-ethyl adjacent to an activating group) is 1. The van der Waals surface area contributed by atoms with Crippen LogP contribution in [0.4, 0.5) is 10.1 Å². The lowest BCUT2D eigenvalue weighted by molar-refractivity contribution is -0.141. The lowest BCUT2D eigenvalue weighted by Gasteiger charge is -2.21. The van der Waals surface area contributed by atoms with E-state index < -0.39 is 23.7 Å². The molecule has 1 amide bonds. The number of hydrogen-bond acceptors (Lipinski definition) is 3. The number of rotatable bonds is 3. The molecule has 0 heterocycles. The number of amides is 1. The Morgan fingerprint density at radius 1 is 1.47 bits per heavy atom. The van der Waals surface area contributed by atoms with Crippen molar-refractivity contribution in [2.24, 2.45) is 0 Å². The minimum atomic E-state index is -1.13. The number of benzene rings is 1. The fraction of sp³-hybridized carbons (Fsp3) is 0.273. The Bertz CT molecular complexity index is 462. The molecule has 0 saturated carbocycles. The molecule has 3 N–H and O–H groups in total. The van der Waals surface area contributed by atoms with Crippen LogP contribution in [-0.2, 0) is 4.79 Å². The van der Waals surface area contributed by atoms with Gasteiger partial charge < -0.3 is 15.7 Å². The Balaban J connectivity index is 2.96. The van der Waals surface area contributed by atoms with Crippen LogP contribution in [0.5, 0.6) is 0 Å². The molecule has 0 aliphatic heterocycles. The molecular weight excluding hydrogens is 227 g/mol. The molecule has 1 unspecified atom stereocenters. The maximum absolute atomic E-state index is 13.2. The van der Waals surface area contributed by atoms with Crippen LogP contribution >= 0.6 is 0 Å². The summed E-state index contributed by atoms with van der Waals surface area (Å²) in [6.45, 7) is 1.37. The molecule has 1 aromatic carbocycles. The minimum absolute atomic E-state index is 0.0597. The van der Waals surface area contributed by atoms with Crippen molar-refractivity contribution in [1.82, 2.24) is 4.90 Å². The fourth-order valence-electron chi connectivity index (χ4n) is 1.21. The molecule has 0 aliphatic rings. The van der Waals surface area contributed by atoms with Crippen molar-refractivity contribution < 1.29 is 19.1 Å². The molecule has 1 atom stereocenters. The molecule has 6 heteroatoms. The second-order valence-corrected chi connectivity index (χ2v) is 3.67. The molecule has 0 aliphatic carbocycles. The highest BCUT2D eigenvalue weighted by molar-refractivity contribution is 5.96. The maximum Gasteiger partial charge on any atom is 0.326 e. The predicted octanol–water partition coefficient (Wildman–Crippen LogP) is 0.953. The Morgan fingerprint density at radius 2 is 2.06 bits per heavy atom. The van der Waals surface area contributed by atoms with Crippen molar-refractivity contribution >= 4 is 17.6 Å². The molecule has 1 aromatic rings. The second kappa shape index (κ2) is 4.82. The van der Waals surface area contributed by atoms with Crippen molar-refractivity contribution in [3.8, 4) is 0 Å². The van der Waals surface area contributed by atoms with Crippen LogP contribution in [0.15, 0.2) is 18.2 Å². The third-order valence-corrected chi connectivity index (χ3v) is 2.51. The van der Waals surface area contributed by atoms with Gasteiger partial charge in [0, 0.05) is 12.6 Å². The summed E-state index contributed by atoms with van der Waals surface area (Å²) >= 11 is 0. The van der Waals surface area contributed by atoms with E-state index in [-0.39, 0.29) is 11.3 Å². The van der Waals surface area contributed by atoms with Gasteiger partial charge in [0.05, 0.1) is 5.69 Å². The fourth-order valence-corrected chi connectivity index (χ4v) is 1.21. The Morgan fingerprint density at radius 3 is 2.53 bits per heavy atom. The average Bonchev–Trinajstić information content (AvgIpc) is 2.29. The molecule has 0 radical (unpaired) electrons. The van der Waals surface area contributed by atoms with Gasteiger partial charge >= 0.3 is 5.97 Å². The van der Waals surface area contributed by atoms with Crippen molar-refractivity contribution in [3.63, 3.8) is 0 Å². The van der Waals surface area contributed by atoms with E-state index >= 15 is 0 Å². The van der Waals surface area contributed by atoms with E-state index in [1.807, 2.05) is 0 Å². The average molecular weight is 240 g/mol. The summed E-state index contributed by atoms with van der Waals surface area (Å²) in [4.78, 5) is 23.5. The van der Waals surface area contributed by atoms with Gasteiger partial charge in [-0.25, -0.2) is 9.18 Å². The van der Waals surface area contributed by atoms with Gasteiger partial charge in [0.1, 0.15) is 11.9 Å². The summed E-state index contributed by atoms with van der Waals surface area (Å²) in [6.07, 6.45) is 0. The number of carboxylic acids is 1. The molecule has 0 bridgehead atoms. The topological polar surface area (TPSA) is 83.6 Å². The summed E-state index contributed by atoms with van der Waals surface area (Å²) in [6, 6.07) is 2.62. The number of aliphatic carboxylic acids is 1. The van der Waals surface area contributed by atoms with Crippen LogP contribution < -0.4 is 5.73 Å². The third kappa shape index (κ3) is 2.72. The van der Waals surface area contributed by atoms with Gasteiger partial charge in [-0.2, -0.15) is 0 Å². The zero-order valence-corrected chi connectivity index (χ0v) is 9.48. The third-order valence-electron chi connectivity index (χ3n) is 2.51. The van der Waals surface area contributed by atoms with Gasteiger partial charge in [0.25, 0.3) is 5.91 Å². The molecule has 0 saturated heterocycles. The predicted molar refractivity (Wildman–Crippen MR) is 60.0 cm³/mol. The summed E-state index contributed by atoms with van der Waals surface area (Å²) in [7, 11) is 1.34. The molecule has 0 spiro atoms. The summed E-state index contributed by atoms with van der Waals surface area (Å²) in [5.41, 5.74) is 5.28. The first-order chi connectivity index (χ1) is 7.84. The SMILES string of the molecule is CC(C(=O)O)N(C)C(=O)c1ccc(N)c(F)c1. The molecule has 92 valence electrons. The van der Waals surface area contributed by atoms with Crippen LogP contribution in [0.1, 0.15) is 17.3 Å². The van der Waals surface area contributed by atoms with E-state index in [0.717, 1.165) is 11.0 Å². The van der Waals surface area contributed by atoms with Crippen LogP contribution in [0.2, 0.25) is 0 Å². The summed E-state index contributed by atoms with van der Waals surface area (Å²) in [5, 5.41) is 8.76. The van der Waals surface area contributed by atoms with Gasteiger partial charge in [-0.1, -0.05) is 0 Å². The Kier molecular flexibility index (Phi) is 3.67. The monoisotopic (exact) mass is 240 g/mol. The lowest BCUT2D eigenvalue weighted by Crippen LogP contribution is -2.40. The van der Waals surface area contributed by atoms with Crippen LogP contribution in [0, 0.1) is 5.82 Å². The van der Waals surface area contributed by atoms with Gasteiger partial charge in [0.15, 0.2) is 0 Å². The highest BCUT2D eigenvalue weighted by Gasteiger charge is 2.23. The number of nitrogens with zero attached hydrogens (tertiary/aromatic N) is 1. The number of carbonyl (C=O) groups is 2. The highest BCUT2D eigenvalue weighted by Crippen LogP contribution is 2.14. The number of halogens is 1. The molecule has 0 fully saturated rings. The van der Waals surface area contributed by atoms with Crippen molar-refractivity contribution in [3.05, 3.63) is 29.6 Å². The number of carboxylic acid groups (broad SMARTS) is 1. The summed E-state index contributed by atoms with van der Waals surface area (Å²) < 4.78 is 13.2. The van der Waals surface area contributed by atoms with Crippen LogP contribution in [-0.4, -0.2) is 35.0 Å². The molecule has 0 aromatic heterocycles. The Hall–Kier alpha value is -2.11. The standard InChI is InChI=1S/C11H13FN2O3/c1-6(11(16)17)14(2)10(15)7-3-4-9(13)8(12)5-7/h3-6H,13H2,1-2H3,(H,16,17). The number of hydrogen-bond donors (Lipinski definition) is 2. The smallest absolute Gasteiger partial charge is 0.326 e. The Labute approximate surface area is 97.6 Å². The van der Waals surface area contributed by atoms with Crippen molar-refractivity contribution in [2.75, 3.05) is 12.8 Å². The zero-order chi connectivity index (χ0) is 13.2. The number of carbonyl (C=O) groups excluding carboxylic acids is 1. The van der Waals surface area contributed by atoms with E-state index in [1.54, 1.807) is 0 Å². The van der Waals surface area contributed by atoms with E-state index in [4.69, 9.17) is 10.8 Å². The normalized spacial score (nSPS) is 11.9. The second-order valence-electron chi connectivity index (χ2n) is 3.67. The molecular formula is C11H13FN2O3. The van der Waals surface area contributed by atoms with E-state index in [2.05, 4.69) is 0 Å². The maximum atomic E-state index is 13.2. The highest BCUT2D eigenvalue weighted by atomic mass is 19.1. The minimum Gasteiger partial charge on any atom is -0.480 e. The molecule has 5 nitrogen and oxygen atoms in total. The van der Waals surface area contributed by atoms with Gasteiger partial charge in [-0.15, -0.1) is 0 Å². The number of nitrogen functional groups attached to an aromatic ring is 1. The molecule has 1 rings (SSSR count). The summed E-state index contributed by atoms with van der Waals surface area (Å²) in [5.74, 6) is -2.40. The van der Waals surface area contributed by atoms with E-state index in [0.29, 0.717) is 0 Å². The number of nitrogens with two attached hydrogens (primary N) is 1. The first kappa shape index (κ1) is 13.0. The number of anilines is 1. The van der Waals surface area contributed by atoms with Gasteiger partial charge in [-0.05, 0) is 25.1 Å². The van der Waals surface area contributed by atoms with E-state index in [9.17, 15) is 14.0 Å². The van der Waals surface area contributed by atoms with Gasteiger partial charge in [0.2, 0.25) is 0 Å². The molecule has 17 heavy (non-hydrogen) atoms. The zero-order valence-electron chi connectivity index (χ0n) is 9.48. The van der Waals surface area contributed by atoms with E-state index in [1.165, 1.54) is 26.1 Å². The van der Waals surface area contributed by atoms with Crippen molar-refractivity contribution in [2.45, 2.75) is 13.0 Å². The van der Waals surface area contributed by atoms with Crippen molar-refractivity contribution in [1.29, 1.82) is 0 Å². The van der Waals surface area contributed by atoms with Crippen LogP contribution in [0.25, 0.3) is 0 Å². The lowest BCUT2D eigenvalue weighted by atomic mass is 10.1. The first-order valence-corrected chi connectivity index (χ1v) is 4.89. The first-order valence-electron chi connectivity index (χ1n) is 4.89.